The van der Waals surface area contributed by atoms with E-state index in [4.69, 9.17) is 10.5 Å². The molecule has 0 amide bonds. The van der Waals surface area contributed by atoms with Gasteiger partial charge in [-0.1, -0.05) is 13.8 Å². The Morgan fingerprint density at radius 2 is 2.00 bits per heavy atom. The van der Waals surface area contributed by atoms with Crippen LogP contribution in [0.5, 0.6) is 5.75 Å². The molecule has 0 radical (unpaired) electrons. The molecule has 2 N–H and O–H groups in total. The van der Waals surface area contributed by atoms with Crippen LogP contribution >= 0.6 is 0 Å². The molecule has 0 bridgehead atoms. The summed E-state index contributed by atoms with van der Waals surface area (Å²) in [5.41, 5.74) is 8.43. The molecule has 19 heavy (non-hydrogen) atoms. The summed E-state index contributed by atoms with van der Waals surface area (Å²) in [5, 5.41) is 0. The lowest BCUT2D eigenvalue weighted by Gasteiger charge is -2.23. The molecular weight excluding hydrogens is 236 g/mol. The maximum Gasteiger partial charge on any atom is 0.121 e. The standard InChI is InChI=1S/C16H26N2O/c1-16(2)5-4-7-18(8-6-16)12-13-9-14(17)11-15(10-13)19-3/h9-11H,4-8,12,17H2,1-3H3. The second-order valence-electron chi connectivity index (χ2n) is 6.41. The number of nitrogen functional groups attached to an aromatic ring is 1. The van der Waals surface area contributed by atoms with E-state index in [-0.39, 0.29) is 0 Å². The highest BCUT2D eigenvalue weighted by Crippen LogP contribution is 2.30. The average Bonchev–Trinajstić information content (AvgIpc) is 2.50. The number of nitrogens with two attached hydrogens (primary N) is 1. The highest BCUT2D eigenvalue weighted by atomic mass is 16.5. The van der Waals surface area contributed by atoms with E-state index in [1.54, 1.807) is 7.11 Å². The minimum absolute atomic E-state index is 0.488. The molecule has 3 heteroatoms. The third kappa shape index (κ3) is 4.13. The van der Waals surface area contributed by atoms with Crippen LogP contribution in [-0.2, 0) is 6.54 Å². The largest absolute Gasteiger partial charge is 0.497 e. The van der Waals surface area contributed by atoms with Gasteiger partial charge in [0.25, 0.3) is 0 Å². The summed E-state index contributed by atoms with van der Waals surface area (Å²) in [6.07, 6.45) is 3.88. The first-order chi connectivity index (χ1) is 8.98. The van der Waals surface area contributed by atoms with E-state index < -0.39 is 0 Å². The molecule has 0 atom stereocenters. The molecule has 1 heterocycles. The smallest absolute Gasteiger partial charge is 0.121 e. The van der Waals surface area contributed by atoms with Crippen LogP contribution in [0.25, 0.3) is 0 Å². The van der Waals surface area contributed by atoms with Crippen molar-refractivity contribution in [1.82, 2.24) is 4.90 Å². The van der Waals surface area contributed by atoms with Crippen LogP contribution in [0.3, 0.4) is 0 Å². The van der Waals surface area contributed by atoms with Crippen molar-refractivity contribution in [1.29, 1.82) is 0 Å². The summed E-state index contributed by atoms with van der Waals surface area (Å²) in [6, 6.07) is 6.01. The molecular formula is C16H26N2O. The van der Waals surface area contributed by atoms with Gasteiger partial charge in [-0.3, -0.25) is 4.90 Å². The molecule has 1 fully saturated rings. The molecule has 1 aromatic carbocycles. The molecule has 1 saturated heterocycles. The maximum absolute atomic E-state index is 5.92. The maximum atomic E-state index is 5.92. The number of ether oxygens (including phenoxy) is 1. The number of anilines is 1. The zero-order valence-electron chi connectivity index (χ0n) is 12.4. The van der Waals surface area contributed by atoms with Crippen molar-refractivity contribution in [2.45, 2.75) is 39.7 Å². The predicted molar refractivity (Wildman–Crippen MR) is 80.3 cm³/mol. The highest BCUT2D eigenvalue weighted by molar-refractivity contribution is 5.47. The average molecular weight is 262 g/mol. The van der Waals surface area contributed by atoms with Crippen molar-refractivity contribution in [3.63, 3.8) is 0 Å². The van der Waals surface area contributed by atoms with Crippen LogP contribution < -0.4 is 10.5 Å². The first-order valence-electron chi connectivity index (χ1n) is 7.14. The lowest BCUT2D eigenvalue weighted by Crippen LogP contribution is -2.25. The van der Waals surface area contributed by atoms with Gasteiger partial charge in [0.2, 0.25) is 0 Å². The third-order valence-corrected chi connectivity index (χ3v) is 4.06. The minimum Gasteiger partial charge on any atom is -0.497 e. The number of nitrogens with zero attached hydrogens (tertiary/aromatic N) is 1. The van der Waals surface area contributed by atoms with Gasteiger partial charge in [0.1, 0.15) is 5.75 Å². The number of benzene rings is 1. The van der Waals surface area contributed by atoms with Gasteiger partial charge < -0.3 is 10.5 Å². The van der Waals surface area contributed by atoms with E-state index >= 15 is 0 Å². The Bertz CT molecular complexity index is 429. The van der Waals surface area contributed by atoms with Gasteiger partial charge in [-0.25, -0.2) is 0 Å². The molecule has 1 aromatic rings. The summed E-state index contributed by atoms with van der Waals surface area (Å²) in [6.45, 7) is 8.07. The number of hydrogen-bond donors (Lipinski definition) is 1. The fraction of sp³-hybridized carbons (Fsp3) is 0.625. The van der Waals surface area contributed by atoms with E-state index in [1.165, 1.54) is 37.9 Å². The summed E-state index contributed by atoms with van der Waals surface area (Å²) in [5.74, 6) is 0.852. The predicted octanol–water partition coefficient (Wildman–Crippen LogP) is 3.29. The van der Waals surface area contributed by atoms with Crippen molar-refractivity contribution in [3.8, 4) is 5.75 Å². The van der Waals surface area contributed by atoms with Crippen LogP contribution in [0.4, 0.5) is 5.69 Å². The second-order valence-corrected chi connectivity index (χ2v) is 6.41. The van der Waals surface area contributed by atoms with Crippen LogP contribution in [-0.4, -0.2) is 25.1 Å². The number of likely N-dealkylation sites (tertiary alicyclic amines) is 1. The summed E-state index contributed by atoms with van der Waals surface area (Å²) < 4.78 is 5.28. The highest BCUT2D eigenvalue weighted by Gasteiger charge is 2.22. The van der Waals surface area contributed by atoms with Gasteiger partial charge in [0, 0.05) is 18.3 Å². The van der Waals surface area contributed by atoms with Crippen LogP contribution in [0.1, 0.15) is 38.7 Å². The fourth-order valence-electron chi connectivity index (χ4n) is 2.79. The van der Waals surface area contributed by atoms with Crippen LogP contribution in [0.15, 0.2) is 18.2 Å². The van der Waals surface area contributed by atoms with Crippen LogP contribution in [0.2, 0.25) is 0 Å². The van der Waals surface area contributed by atoms with E-state index in [0.717, 1.165) is 18.0 Å². The molecule has 106 valence electrons. The van der Waals surface area contributed by atoms with Crippen molar-refractivity contribution in [2.24, 2.45) is 5.41 Å². The quantitative estimate of drug-likeness (QED) is 0.850. The Hall–Kier alpha value is -1.22. The third-order valence-electron chi connectivity index (χ3n) is 4.06. The molecule has 3 nitrogen and oxygen atoms in total. The van der Waals surface area contributed by atoms with Gasteiger partial charge in [-0.2, -0.15) is 0 Å². The Morgan fingerprint density at radius 1 is 1.21 bits per heavy atom. The molecule has 0 unspecified atom stereocenters. The zero-order valence-corrected chi connectivity index (χ0v) is 12.4. The Morgan fingerprint density at radius 3 is 2.74 bits per heavy atom. The first-order valence-corrected chi connectivity index (χ1v) is 7.14. The van der Waals surface area contributed by atoms with Crippen molar-refractivity contribution in [3.05, 3.63) is 23.8 Å². The molecule has 0 spiro atoms. The Balaban J connectivity index is 2.02. The monoisotopic (exact) mass is 262 g/mol. The van der Waals surface area contributed by atoms with Crippen LogP contribution in [0, 0.1) is 5.41 Å². The molecule has 0 aromatic heterocycles. The topological polar surface area (TPSA) is 38.5 Å². The normalized spacial score (nSPS) is 19.9. The Kier molecular flexibility index (Phi) is 4.35. The van der Waals surface area contributed by atoms with E-state index in [9.17, 15) is 0 Å². The lowest BCUT2D eigenvalue weighted by atomic mass is 9.85. The lowest BCUT2D eigenvalue weighted by molar-refractivity contribution is 0.255. The fourth-order valence-corrected chi connectivity index (χ4v) is 2.79. The van der Waals surface area contributed by atoms with Gasteiger partial charge in [0.15, 0.2) is 0 Å². The first kappa shape index (κ1) is 14.2. The summed E-state index contributed by atoms with van der Waals surface area (Å²) >= 11 is 0. The molecule has 1 aliphatic rings. The zero-order chi connectivity index (χ0) is 13.9. The Labute approximate surface area is 116 Å². The number of hydrogen-bond acceptors (Lipinski definition) is 3. The van der Waals surface area contributed by atoms with E-state index in [0.29, 0.717) is 5.41 Å². The van der Waals surface area contributed by atoms with Gasteiger partial charge in [-0.05, 0) is 55.5 Å². The van der Waals surface area contributed by atoms with Crippen molar-refractivity contribution >= 4 is 5.69 Å². The van der Waals surface area contributed by atoms with Crippen molar-refractivity contribution in [2.75, 3.05) is 25.9 Å². The summed E-state index contributed by atoms with van der Waals surface area (Å²) in [7, 11) is 1.69. The van der Waals surface area contributed by atoms with Crippen molar-refractivity contribution < 1.29 is 4.74 Å². The summed E-state index contributed by atoms with van der Waals surface area (Å²) in [4.78, 5) is 2.53. The second kappa shape index (κ2) is 5.83. The van der Waals surface area contributed by atoms with E-state index in [1.807, 2.05) is 6.07 Å². The van der Waals surface area contributed by atoms with E-state index in [2.05, 4.69) is 30.9 Å². The number of rotatable bonds is 3. The minimum atomic E-state index is 0.488. The molecule has 0 aliphatic carbocycles. The molecule has 0 saturated carbocycles. The molecule has 1 aliphatic heterocycles. The van der Waals surface area contributed by atoms with Gasteiger partial charge in [-0.15, -0.1) is 0 Å². The SMILES string of the molecule is COc1cc(N)cc(CN2CCCC(C)(C)CC2)c1. The molecule has 2 rings (SSSR count). The van der Waals surface area contributed by atoms with Gasteiger partial charge in [0.05, 0.1) is 7.11 Å². The number of methoxy groups -OCH3 is 1. The van der Waals surface area contributed by atoms with Gasteiger partial charge >= 0.3 is 0 Å².